The first kappa shape index (κ1) is 9.99. The summed E-state index contributed by atoms with van der Waals surface area (Å²) < 4.78 is 7.44. The van der Waals surface area contributed by atoms with Crippen molar-refractivity contribution in [3.05, 3.63) is 17.7 Å². The minimum Gasteiger partial charge on any atom is -0.357 e. The summed E-state index contributed by atoms with van der Waals surface area (Å²) in [5.74, 6) is 0. The number of hydrogen-bond acceptors (Lipinski definition) is 4. The van der Waals surface area contributed by atoms with Crippen LogP contribution in [0.1, 0.15) is 25.5 Å². The number of fused-ring (bicyclic) bond motifs is 1. The first-order chi connectivity index (χ1) is 7.84. The van der Waals surface area contributed by atoms with Crippen molar-refractivity contribution in [2.75, 3.05) is 6.61 Å². The van der Waals surface area contributed by atoms with Crippen LogP contribution in [0.4, 0.5) is 0 Å². The molecule has 2 aromatic heterocycles. The Balaban J connectivity index is 2.01. The van der Waals surface area contributed by atoms with Crippen LogP contribution in [0, 0.1) is 0 Å². The molecule has 0 saturated carbocycles. The molecule has 16 heavy (non-hydrogen) atoms. The molecule has 84 valence electrons. The standard InChI is InChI=1S/C10H11ClN4O/c11-9-7-5-15(8-3-1-2-4-16-8)14-10(7)13-6-12-9/h5-6,8H,1-4H2. The third-order valence-electron chi connectivity index (χ3n) is 2.74. The first-order valence-electron chi connectivity index (χ1n) is 5.31. The van der Waals surface area contributed by atoms with E-state index >= 15 is 0 Å². The summed E-state index contributed by atoms with van der Waals surface area (Å²) in [6, 6.07) is 0. The van der Waals surface area contributed by atoms with E-state index in [1.807, 2.05) is 6.20 Å². The summed E-state index contributed by atoms with van der Waals surface area (Å²) >= 11 is 5.96. The molecule has 0 spiro atoms. The molecule has 1 aliphatic rings. The highest BCUT2D eigenvalue weighted by Gasteiger charge is 2.18. The third kappa shape index (κ3) is 1.66. The van der Waals surface area contributed by atoms with Gasteiger partial charge in [-0.05, 0) is 19.3 Å². The molecule has 1 unspecified atom stereocenters. The highest BCUT2D eigenvalue weighted by molar-refractivity contribution is 6.33. The summed E-state index contributed by atoms with van der Waals surface area (Å²) in [6.45, 7) is 0.792. The lowest BCUT2D eigenvalue weighted by atomic mass is 10.2. The zero-order valence-corrected chi connectivity index (χ0v) is 9.39. The van der Waals surface area contributed by atoms with Gasteiger partial charge in [0.25, 0.3) is 0 Å². The molecule has 3 rings (SSSR count). The fraction of sp³-hybridized carbons (Fsp3) is 0.500. The predicted octanol–water partition coefficient (Wildman–Crippen LogP) is 2.18. The van der Waals surface area contributed by atoms with Crippen molar-refractivity contribution in [1.29, 1.82) is 0 Å². The van der Waals surface area contributed by atoms with Gasteiger partial charge < -0.3 is 4.74 Å². The number of aromatic nitrogens is 4. The maximum atomic E-state index is 5.96. The van der Waals surface area contributed by atoms with Gasteiger partial charge in [0.15, 0.2) is 5.65 Å². The van der Waals surface area contributed by atoms with Crippen molar-refractivity contribution >= 4 is 22.6 Å². The largest absolute Gasteiger partial charge is 0.357 e. The van der Waals surface area contributed by atoms with Gasteiger partial charge in [-0.3, -0.25) is 0 Å². The second-order valence-electron chi connectivity index (χ2n) is 3.83. The average molecular weight is 239 g/mol. The molecule has 0 radical (unpaired) electrons. The van der Waals surface area contributed by atoms with Gasteiger partial charge in [-0.1, -0.05) is 11.6 Å². The Morgan fingerprint density at radius 3 is 3.06 bits per heavy atom. The van der Waals surface area contributed by atoms with Gasteiger partial charge in [0.1, 0.15) is 17.7 Å². The molecule has 0 amide bonds. The van der Waals surface area contributed by atoms with Crippen LogP contribution in [0.5, 0.6) is 0 Å². The van der Waals surface area contributed by atoms with Crippen LogP contribution in [0.3, 0.4) is 0 Å². The monoisotopic (exact) mass is 238 g/mol. The van der Waals surface area contributed by atoms with E-state index < -0.39 is 0 Å². The average Bonchev–Trinajstić information content (AvgIpc) is 2.76. The number of nitrogens with zero attached hydrogens (tertiary/aromatic N) is 4. The van der Waals surface area contributed by atoms with E-state index in [2.05, 4.69) is 15.1 Å². The van der Waals surface area contributed by atoms with Crippen LogP contribution in [-0.2, 0) is 4.74 Å². The lowest BCUT2D eigenvalue weighted by molar-refractivity contribution is -0.0391. The van der Waals surface area contributed by atoms with Crippen molar-refractivity contribution in [2.45, 2.75) is 25.5 Å². The molecule has 0 aromatic carbocycles. The van der Waals surface area contributed by atoms with E-state index in [1.165, 1.54) is 12.7 Å². The molecule has 3 heterocycles. The van der Waals surface area contributed by atoms with E-state index in [0.29, 0.717) is 10.8 Å². The molecule has 5 nitrogen and oxygen atoms in total. The topological polar surface area (TPSA) is 52.8 Å². The van der Waals surface area contributed by atoms with Crippen LogP contribution in [0.15, 0.2) is 12.5 Å². The quantitative estimate of drug-likeness (QED) is 0.715. The van der Waals surface area contributed by atoms with Crippen LogP contribution >= 0.6 is 11.6 Å². The van der Waals surface area contributed by atoms with Gasteiger partial charge in [0.05, 0.1) is 5.39 Å². The van der Waals surface area contributed by atoms with Gasteiger partial charge in [0, 0.05) is 12.8 Å². The zero-order valence-electron chi connectivity index (χ0n) is 8.64. The molecule has 1 fully saturated rings. The fourth-order valence-electron chi connectivity index (χ4n) is 1.91. The fourth-order valence-corrected chi connectivity index (χ4v) is 2.08. The summed E-state index contributed by atoms with van der Waals surface area (Å²) in [6.07, 6.45) is 6.56. The van der Waals surface area contributed by atoms with Crippen LogP contribution in [0.25, 0.3) is 11.0 Å². The van der Waals surface area contributed by atoms with Crippen LogP contribution < -0.4 is 0 Å². The summed E-state index contributed by atoms with van der Waals surface area (Å²) in [5, 5.41) is 5.57. The van der Waals surface area contributed by atoms with Gasteiger partial charge in [-0.15, -0.1) is 5.10 Å². The van der Waals surface area contributed by atoms with Crippen molar-refractivity contribution in [3.63, 3.8) is 0 Å². The van der Waals surface area contributed by atoms with Crippen molar-refractivity contribution < 1.29 is 4.74 Å². The molecule has 6 heteroatoms. The SMILES string of the molecule is Clc1ncnc2nn(C3CCCCO3)cc12. The molecule has 0 bridgehead atoms. The lowest BCUT2D eigenvalue weighted by Gasteiger charge is -2.22. The summed E-state index contributed by atoms with van der Waals surface area (Å²) in [7, 11) is 0. The van der Waals surface area contributed by atoms with E-state index in [-0.39, 0.29) is 6.23 Å². The molecule has 1 aliphatic heterocycles. The summed E-state index contributed by atoms with van der Waals surface area (Å²) in [4.78, 5) is 8.00. The van der Waals surface area contributed by atoms with Gasteiger partial charge in [-0.2, -0.15) is 0 Å². The first-order valence-corrected chi connectivity index (χ1v) is 5.69. The number of ether oxygens (including phenoxy) is 1. The highest BCUT2D eigenvalue weighted by Crippen LogP contribution is 2.25. The van der Waals surface area contributed by atoms with E-state index in [9.17, 15) is 0 Å². The lowest BCUT2D eigenvalue weighted by Crippen LogP contribution is -2.18. The molecule has 1 atom stereocenters. The van der Waals surface area contributed by atoms with Gasteiger partial charge in [-0.25, -0.2) is 14.6 Å². The normalized spacial score (nSPS) is 21.4. The van der Waals surface area contributed by atoms with Crippen molar-refractivity contribution in [2.24, 2.45) is 0 Å². The Morgan fingerprint density at radius 1 is 1.38 bits per heavy atom. The second-order valence-corrected chi connectivity index (χ2v) is 4.19. The molecule has 1 saturated heterocycles. The van der Waals surface area contributed by atoms with Crippen LogP contribution in [0.2, 0.25) is 5.15 Å². The Labute approximate surface area is 97.4 Å². The van der Waals surface area contributed by atoms with Crippen molar-refractivity contribution in [3.8, 4) is 0 Å². The number of rotatable bonds is 1. The van der Waals surface area contributed by atoms with Crippen LogP contribution in [-0.4, -0.2) is 26.4 Å². The Bertz CT molecular complexity index is 506. The predicted molar refractivity (Wildman–Crippen MR) is 59.2 cm³/mol. The van der Waals surface area contributed by atoms with Gasteiger partial charge >= 0.3 is 0 Å². The Morgan fingerprint density at radius 2 is 2.31 bits per heavy atom. The zero-order chi connectivity index (χ0) is 11.0. The Hall–Kier alpha value is -1.20. The van der Waals surface area contributed by atoms with E-state index in [1.54, 1.807) is 4.68 Å². The second kappa shape index (κ2) is 3.99. The molecular weight excluding hydrogens is 228 g/mol. The van der Waals surface area contributed by atoms with E-state index in [4.69, 9.17) is 16.3 Å². The molecule has 0 aliphatic carbocycles. The van der Waals surface area contributed by atoms with E-state index in [0.717, 1.165) is 24.8 Å². The Kier molecular flexibility index (Phi) is 2.49. The number of halogens is 1. The number of hydrogen-bond donors (Lipinski definition) is 0. The minimum atomic E-state index is 0.0130. The highest BCUT2D eigenvalue weighted by atomic mass is 35.5. The smallest absolute Gasteiger partial charge is 0.185 e. The van der Waals surface area contributed by atoms with Crippen molar-refractivity contribution in [1.82, 2.24) is 19.7 Å². The maximum Gasteiger partial charge on any atom is 0.185 e. The summed E-state index contributed by atoms with van der Waals surface area (Å²) in [5.41, 5.74) is 0.620. The van der Waals surface area contributed by atoms with Gasteiger partial charge in [0.2, 0.25) is 0 Å². The third-order valence-corrected chi connectivity index (χ3v) is 3.04. The minimum absolute atomic E-state index is 0.0130. The molecule has 2 aromatic rings. The maximum absolute atomic E-state index is 5.96. The molecule has 0 N–H and O–H groups in total. The molecular formula is C10H11ClN4O.